The molecule has 1 fully saturated rings. The lowest BCUT2D eigenvalue weighted by Crippen LogP contribution is -2.43. The van der Waals surface area contributed by atoms with Gasteiger partial charge in [-0.15, -0.1) is 0 Å². The van der Waals surface area contributed by atoms with E-state index in [1.54, 1.807) is 13.8 Å². The lowest BCUT2D eigenvalue weighted by Gasteiger charge is -2.19. The molecule has 0 aromatic heterocycles. The van der Waals surface area contributed by atoms with E-state index in [1.807, 2.05) is 6.07 Å². The van der Waals surface area contributed by atoms with Crippen molar-refractivity contribution in [3.05, 3.63) is 35.1 Å². The van der Waals surface area contributed by atoms with Gasteiger partial charge in [-0.05, 0) is 37.1 Å². The number of amides is 3. The zero-order valence-electron chi connectivity index (χ0n) is 11.2. The number of hydrogen-bond donors (Lipinski definition) is 1. The van der Waals surface area contributed by atoms with Gasteiger partial charge in [0.15, 0.2) is 0 Å². The topological polar surface area (TPSA) is 73.2 Å². The number of urea groups is 1. The Hall–Kier alpha value is -2.42. The molecule has 6 heteroatoms. The maximum atomic E-state index is 13.3. The molecule has 0 radical (unpaired) electrons. The summed E-state index contributed by atoms with van der Waals surface area (Å²) < 4.78 is 13.3. The zero-order valence-corrected chi connectivity index (χ0v) is 11.2. The minimum absolute atomic E-state index is 0.110. The molecule has 1 atom stereocenters. The molecule has 104 valence electrons. The number of carbonyl (C=O) groups is 2. The number of hydrogen-bond acceptors (Lipinski definition) is 3. The lowest BCUT2D eigenvalue weighted by molar-refractivity contribution is -0.131. The Morgan fingerprint density at radius 3 is 2.70 bits per heavy atom. The van der Waals surface area contributed by atoms with Gasteiger partial charge in [0.2, 0.25) is 0 Å². The van der Waals surface area contributed by atoms with Gasteiger partial charge in [0.25, 0.3) is 5.91 Å². The molecule has 5 nitrogen and oxygen atoms in total. The van der Waals surface area contributed by atoms with Crippen LogP contribution in [-0.2, 0) is 11.3 Å². The van der Waals surface area contributed by atoms with Crippen LogP contribution in [0.3, 0.4) is 0 Å². The number of carbonyl (C=O) groups excluding carboxylic acids is 2. The van der Waals surface area contributed by atoms with E-state index in [0.717, 1.165) is 4.90 Å². The lowest BCUT2D eigenvalue weighted by atomic mass is 9.99. The first-order valence-corrected chi connectivity index (χ1v) is 6.24. The monoisotopic (exact) mass is 275 g/mol. The number of nitriles is 1. The van der Waals surface area contributed by atoms with Crippen LogP contribution in [0.15, 0.2) is 18.2 Å². The summed E-state index contributed by atoms with van der Waals surface area (Å²) in [6.07, 6.45) is 0.461. The third-order valence-electron chi connectivity index (χ3n) is 3.57. The molecular weight excluding hydrogens is 261 g/mol. The smallest absolute Gasteiger partial charge is 0.323 e. The van der Waals surface area contributed by atoms with Gasteiger partial charge in [-0.1, -0.05) is 6.92 Å². The maximum Gasteiger partial charge on any atom is 0.325 e. The summed E-state index contributed by atoms with van der Waals surface area (Å²) in [4.78, 5) is 25.1. The standard InChI is InChI=1S/C14H14FN3O2/c1-3-14(2)12(19)18(13(20)17-14)8-10-6-11(15)5-4-9(10)7-16/h4-6H,3,8H2,1-2H3,(H,17,20). The summed E-state index contributed by atoms with van der Waals surface area (Å²) in [6.45, 7) is 3.33. The second-order valence-corrected chi connectivity index (χ2v) is 4.92. The fraction of sp³-hybridized carbons (Fsp3) is 0.357. The van der Waals surface area contributed by atoms with E-state index < -0.39 is 17.4 Å². The van der Waals surface area contributed by atoms with Crippen LogP contribution in [0.5, 0.6) is 0 Å². The van der Waals surface area contributed by atoms with Gasteiger partial charge < -0.3 is 5.32 Å². The van der Waals surface area contributed by atoms with Crippen LogP contribution in [-0.4, -0.2) is 22.4 Å². The van der Waals surface area contributed by atoms with Gasteiger partial charge in [-0.3, -0.25) is 9.69 Å². The van der Waals surface area contributed by atoms with Crippen LogP contribution in [0.4, 0.5) is 9.18 Å². The Kier molecular flexibility index (Phi) is 3.45. The average molecular weight is 275 g/mol. The molecule has 1 aromatic rings. The largest absolute Gasteiger partial charge is 0.325 e. The van der Waals surface area contributed by atoms with Crippen molar-refractivity contribution in [3.63, 3.8) is 0 Å². The normalized spacial score (nSPS) is 21.8. The molecule has 2 rings (SSSR count). The Morgan fingerprint density at radius 2 is 2.15 bits per heavy atom. The third kappa shape index (κ3) is 2.23. The van der Waals surface area contributed by atoms with Crippen molar-refractivity contribution in [2.45, 2.75) is 32.4 Å². The third-order valence-corrected chi connectivity index (χ3v) is 3.57. The van der Waals surface area contributed by atoms with E-state index in [4.69, 9.17) is 5.26 Å². The summed E-state index contributed by atoms with van der Waals surface area (Å²) in [5.74, 6) is -0.873. The van der Waals surface area contributed by atoms with Crippen LogP contribution in [0.1, 0.15) is 31.4 Å². The number of nitrogens with one attached hydrogen (secondary N) is 1. The molecule has 20 heavy (non-hydrogen) atoms. The van der Waals surface area contributed by atoms with Gasteiger partial charge in [0.05, 0.1) is 18.2 Å². The quantitative estimate of drug-likeness (QED) is 0.856. The van der Waals surface area contributed by atoms with Gasteiger partial charge >= 0.3 is 6.03 Å². The Morgan fingerprint density at radius 1 is 1.45 bits per heavy atom. The molecule has 1 saturated heterocycles. The molecule has 1 unspecified atom stereocenters. The van der Waals surface area contributed by atoms with Crippen molar-refractivity contribution < 1.29 is 14.0 Å². The minimum Gasteiger partial charge on any atom is -0.323 e. The highest BCUT2D eigenvalue weighted by Gasteiger charge is 2.46. The number of benzene rings is 1. The van der Waals surface area contributed by atoms with E-state index >= 15 is 0 Å². The maximum absolute atomic E-state index is 13.3. The molecule has 1 aromatic carbocycles. The average Bonchev–Trinajstić information content (AvgIpc) is 2.63. The van der Waals surface area contributed by atoms with E-state index in [9.17, 15) is 14.0 Å². The van der Waals surface area contributed by atoms with E-state index in [1.165, 1.54) is 18.2 Å². The highest BCUT2D eigenvalue weighted by Crippen LogP contribution is 2.23. The number of rotatable bonds is 3. The molecule has 1 heterocycles. The van der Waals surface area contributed by atoms with Crippen molar-refractivity contribution in [1.82, 2.24) is 10.2 Å². The van der Waals surface area contributed by atoms with E-state index in [2.05, 4.69) is 5.32 Å². The first-order valence-electron chi connectivity index (χ1n) is 6.24. The van der Waals surface area contributed by atoms with Crippen LogP contribution in [0.25, 0.3) is 0 Å². The summed E-state index contributed by atoms with van der Waals surface area (Å²) >= 11 is 0. The summed E-state index contributed by atoms with van der Waals surface area (Å²) in [5, 5.41) is 11.6. The van der Waals surface area contributed by atoms with Crippen molar-refractivity contribution in [1.29, 1.82) is 5.26 Å². The second-order valence-electron chi connectivity index (χ2n) is 4.92. The van der Waals surface area contributed by atoms with Gasteiger partial charge in [0, 0.05) is 0 Å². The van der Waals surface area contributed by atoms with Gasteiger partial charge in [0.1, 0.15) is 11.4 Å². The van der Waals surface area contributed by atoms with Gasteiger partial charge in [-0.25, -0.2) is 9.18 Å². The molecule has 0 aliphatic carbocycles. The second kappa shape index (κ2) is 4.93. The first kappa shape index (κ1) is 14.0. The molecule has 0 bridgehead atoms. The van der Waals surface area contributed by atoms with Crippen LogP contribution in [0, 0.1) is 17.1 Å². The van der Waals surface area contributed by atoms with E-state index in [-0.39, 0.29) is 18.0 Å². The zero-order chi connectivity index (χ0) is 14.9. The van der Waals surface area contributed by atoms with Crippen LogP contribution < -0.4 is 5.32 Å². The molecule has 0 saturated carbocycles. The molecule has 0 spiro atoms. The number of halogens is 1. The van der Waals surface area contributed by atoms with E-state index in [0.29, 0.717) is 12.0 Å². The SMILES string of the molecule is CCC1(C)NC(=O)N(Cc2cc(F)ccc2C#N)C1=O. The molecule has 1 aliphatic rings. The Balaban J connectivity index is 2.32. The fourth-order valence-corrected chi connectivity index (χ4v) is 2.10. The number of imide groups is 1. The number of nitrogens with zero attached hydrogens (tertiary/aromatic N) is 2. The molecular formula is C14H14FN3O2. The predicted molar refractivity (Wildman–Crippen MR) is 68.9 cm³/mol. The predicted octanol–water partition coefficient (Wildman–Crippen LogP) is 1.92. The summed E-state index contributed by atoms with van der Waals surface area (Å²) in [7, 11) is 0. The van der Waals surface area contributed by atoms with Gasteiger partial charge in [-0.2, -0.15) is 5.26 Å². The summed E-state index contributed by atoms with van der Waals surface area (Å²) in [5.41, 5.74) is -0.370. The highest BCUT2D eigenvalue weighted by atomic mass is 19.1. The Labute approximate surface area is 116 Å². The van der Waals surface area contributed by atoms with Crippen molar-refractivity contribution in [2.24, 2.45) is 0 Å². The van der Waals surface area contributed by atoms with Crippen LogP contribution in [0.2, 0.25) is 0 Å². The molecule has 1 N–H and O–H groups in total. The van der Waals surface area contributed by atoms with Crippen LogP contribution >= 0.6 is 0 Å². The first-order chi connectivity index (χ1) is 9.41. The van der Waals surface area contributed by atoms with Crippen molar-refractivity contribution in [2.75, 3.05) is 0 Å². The fourth-order valence-electron chi connectivity index (χ4n) is 2.10. The molecule has 3 amide bonds. The minimum atomic E-state index is -0.933. The molecule has 1 aliphatic heterocycles. The Bertz CT molecular complexity index is 623. The van der Waals surface area contributed by atoms with Crippen molar-refractivity contribution in [3.8, 4) is 6.07 Å². The highest BCUT2D eigenvalue weighted by molar-refractivity contribution is 6.06. The summed E-state index contributed by atoms with van der Waals surface area (Å²) in [6, 6.07) is 5.08. The van der Waals surface area contributed by atoms with Crippen molar-refractivity contribution >= 4 is 11.9 Å².